The van der Waals surface area contributed by atoms with Crippen molar-refractivity contribution in [3.05, 3.63) is 48.4 Å². The van der Waals surface area contributed by atoms with Gasteiger partial charge in [-0.15, -0.1) is 0 Å². The number of nitrogens with zero attached hydrogens (tertiary/aromatic N) is 2. The molecule has 1 aliphatic carbocycles. The summed E-state index contributed by atoms with van der Waals surface area (Å²) in [6.07, 6.45) is 9.36. The molecule has 0 radical (unpaired) electrons. The summed E-state index contributed by atoms with van der Waals surface area (Å²) in [5.74, 6) is 0.421. The van der Waals surface area contributed by atoms with Crippen molar-refractivity contribution in [1.82, 2.24) is 9.55 Å². The molecule has 0 bridgehead atoms. The van der Waals surface area contributed by atoms with Crippen molar-refractivity contribution in [2.24, 2.45) is 0 Å². The molecule has 3 aromatic rings. The van der Waals surface area contributed by atoms with E-state index in [-0.39, 0.29) is 0 Å². The van der Waals surface area contributed by atoms with Gasteiger partial charge in [-0.2, -0.15) is 0 Å². The third-order valence-electron chi connectivity index (χ3n) is 4.58. The summed E-state index contributed by atoms with van der Waals surface area (Å²) < 4.78 is 2.05. The number of hydrogen-bond acceptors (Lipinski definition) is 2. The molecule has 1 aliphatic rings. The smallest absolute Gasteiger partial charge is 0.199 e. The molecule has 1 N–H and O–H groups in total. The predicted octanol–water partition coefficient (Wildman–Crippen LogP) is 4.44. The standard InChI is InChI=1S/C18H18N2O/c1-12-8-14(13-4-3-7-19-10-13)9-15-11-20(16-5-2-6-16)18(21)17(12)15/h3-4,7-11,16,21H,2,5-6H2,1H3. The molecular weight excluding hydrogens is 260 g/mol. The fraction of sp³-hybridized carbons (Fsp3) is 0.278. The SMILES string of the molecule is Cc1cc(-c2cccnc2)cc2cn(C3CCC3)c(O)c12. The molecule has 1 saturated carbocycles. The number of benzene rings is 1. The average Bonchev–Trinajstić information content (AvgIpc) is 2.75. The number of rotatable bonds is 2. The summed E-state index contributed by atoms with van der Waals surface area (Å²) in [5.41, 5.74) is 3.37. The van der Waals surface area contributed by atoms with Gasteiger partial charge in [-0.05, 0) is 49.4 Å². The van der Waals surface area contributed by atoms with Gasteiger partial charge in [0, 0.05) is 41.0 Å². The quantitative estimate of drug-likeness (QED) is 0.752. The first-order chi connectivity index (χ1) is 10.2. The lowest BCUT2D eigenvalue weighted by atomic mass is 9.93. The lowest BCUT2D eigenvalue weighted by Gasteiger charge is -2.27. The van der Waals surface area contributed by atoms with E-state index < -0.39 is 0 Å². The van der Waals surface area contributed by atoms with Gasteiger partial charge in [-0.25, -0.2) is 0 Å². The minimum atomic E-state index is 0.421. The van der Waals surface area contributed by atoms with Gasteiger partial charge in [-0.3, -0.25) is 4.98 Å². The minimum absolute atomic E-state index is 0.421. The molecule has 3 nitrogen and oxygen atoms in total. The van der Waals surface area contributed by atoms with Crippen LogP contribution in [0.15, 0.2) is 42.9 Å². The molecule has 4 rings (SSSR count). The van der Waals surface area contributed by atoms with Crippen LogP contribution < -0.4 is 0 Å². The Balaban J connectivity index is 1.90. The molecule has 2 aromatic heterocycles. The summed E-state index contributed by atoms with van der Waals surface area (Å²) in [6, 6.07) is 8.76. The van der Waals surface area contributed by atoms with E-state index in [9.17, 15) is 5.11 Å². The van der Waals surface area contributed by atoms with Gasteiger partial charge in [0.25, 0.3) is 0 Å². The molecule has 0 saturated heterocycles. The molecule has 0 atom stereocenters. The largest absolute Gasteiger partial charge is 0.494 e. The first kappa shape index (κ1) is 12.5. The fourth-order valence-corrected chi connectivity index (χ4v) is 3.21. The van der Waals surface area contributed by atoms with Crippen molar-refractivity contribution in [2.45, 2.75) is 32.2 Å². The van der Waals surface area contributed by atoms with E-state index in [4.69, 9.17) is 0 Å². The number of aryl methyl sites for hydroxylation is 1. The fourth-order valence-electron chi connectivity index (χ4n) is 3.21. The Kier molecular flexibility index (Phi) is 2.74. The van der Waals surface area contributed by atoms with Crippen molar-refractivity contribution >= 4 is 10.8 Å². The zero-order valence-corrected chi connectivity index (χ0v) is 12.1. The summed E-state index contributed by atoms with van der Waals surface area (Å²) in [7, 11) is 0. The van der Waals surface area contributed by atoms with Crippen molar-refractivity contribution in [2.75, 3.05) is 0 Å². The Morgan fingerprint density at radius 3 is 2.76 bits per heavy atom. The highest BCUT2D eigenvalue weighted by Gasteiger charge is 2.23. The number of aromatic hydroxyl groups is 1. The third kappa shape index (κ3) is 1.92. The molecule has 0 unspecified atom stereocenters. The van der Waals surface area contributed by atoms with E-state index >= 15 is 0 Å². The molecule has 21 heavy (non-hydrogen) atoms. The first-order valence-corrected chi connectivity index (χ1v) is 7.48. The van der Waals surface area contributed by atoms with E-state index in [2.05, 4.69) is 36.3 Å². The third-order valence-corrected chi connectivity index (χ3v) is 4.58. The monoisotopic (exact) mass is 278 g/mol. The first-order valence-electron chi connectivity index (χ1n) is 7.48. The maximum atomic E-state index is 10.5. The highest BCUT2D eigenvalue weighted by molar-refractivity contribution is 5.94. The van der Waals surface area contributed by atoms with E-state index in [1.54, 1.807) is 6.20 Å². The molecule has 1 aromatic carbocycles. The van der Waals surface area contributed by atoms with Crippen LogP contribution in [-0.4, -0.2) is 14.7 Å². The van der Waals surface area contributed by atoms with Crippen LogP contribution in [0.4, 0.5) is 0 Å². The number of aromatic nitrogens is 2. The topological polar surface area (TPSA) is 38.0 Å². The van der Waals surface area contributed by atoms with Gasteiger partial charge in [0.05, 0.1) is 0 Å². The highest BCUT2D eigenvalue weighted by atomic mass is 16.3. The molecule has 1 fully saturated rings. The maximum Gasteiger partial charge on any atom is 0.199 e. The number of pyridine rings is 1. The Labute approximate surface area is 123 Å². The second-order valence-corrected chi connectivity index (χ2v) is 5.94. The van der Waals surface area contributed by atoms with Crippen molar-refractivity contribution < 1.29 is 5.11 Å². The van der Waals surface area contributed by atoms with Crippen LogP contribution in [0.2, 0.25) is 0 Å². The van der Waals surface area contributed by atoms with Gasteiger partial charge in [0.15, 0.2) is 5.88 Å². The van der Waals surface area contributed by atoms with Gasteiger partial charge in [0.1, 0.15) is 0 Å². The molecule has 3 heteroatoms. The van der Waals surface area contributed by atoms with E-state index in [1.807, 2.05) is 16.8 Å². The van der Waals surface area contributed by atoms with Crippen molar-refractivity contribution in [1.29, 1.82) is 0 Å². The lowest BCUT2D eigenvalue weighted by Crippen LogP contribution is -2.15. The van der Waals surface area contributed by atoms with Crippen molar-refractivity contribution in [3.63, 3.8) is 0 Å². The van der Waals surface area contributed by atoms with Crippen LogP contribution in [0, 0.1) is 6.92 Å². The number of hydrogen-bond donors (Lipinski definition) is 1. The Bertz CT molecular complexity index is 801. The van der Waals surface area contributed by atoms with Gasteiger partial charge in [0.2, 0.25) is 0 Å². The highest BCUT2D eigenvalue weighted by Crippen LogP contribution is 2.41. The zero-order valence-electron chi connectivity index (χ0n) is 12.1. The van der Waals surface area contributed by atoms with Gasteiger partial charge >= 0.3 is 0 Å². The van der Waals surface area contributed by atoms with Crippen LogP contribution in [0.25, 0.3) is 21.9 Å². The summed E-state index contributed by atoms with van der Waals surface area (Å²) in [4.78, 5) is 4.19. The second-order valence-electron chi connectivity index (χ2n) is 5.94. The molecule has 106 valence electrons. The zero-order chi connectivity index (χ0) is 14.4. The Morgan fingerprint density at radius 2 is 2.10 bits per heavy atom. The normalized spacial score (nSPS) is 15.3. The van der Waals surface area contributed by atoms with Crippen LogP contribution in [0.5, 0.6) is 5.88 Å². The summed E-state index contributed by atoms with van der Waals surface area (Å²) >= 11 is 0. The van der Waals surface area contributed by atoms with Crippen LogP contribution in [0.3, 0.4) is 0 Å². The molecule has 0 amide bonds. The van der Waals surface area contributed by atoms with E-state index in [0.717, 1.165) is 27.5 Å². The number of fused-ring (bicyclic) bond motifs is 1. The van der Waals surface area contributed by atoms with Crippen molar-refractivity contribution in [3.8, 4) is 17.0 Å². The average molecular weight is 278 g/mol. The molecule has 0 spiro atoms. The Morgan fingerprint density at radius 1 is 1.24 bits per heavy atom. The summed E-state index contributed by atoms with van der Waals surface area (Å²) in [5, 5.41) is 12.6. The van der Waals surface area contributed by atoms with E-state index in [0.29, 0.717) is 11.9 Å². The maximum absolute atomic E-state index is 10.5. The second kappa shape index (κ2) is 4.62. The molecule has 0 aliphatic heterocycles. The van der Waals surface area contributed by atoms with Gasteiger partial charge in [-0.1, -0.05) is 12.1 Å². The summed E-state index contributed by atoms with van der Waals surface area (Å²) in [6.45, 7) is 2.06. The van der Waals surface area contributed by atoms with E-state index in [1.165, 1.54) is 19.3 Å². The van der Waals surface area contributed by atoms with Crippen LogP contribution in [0.1, 0.15) is 30.9 Å². The lowest BCUT2D eigenvalue weighted by molar-refractivity contribution is 0.282. The predicted molar refractivity (Wildman–Crippen MR) is 84.5 cm³/mol. The van der Waals surface area contributed by atoms with Crippen LogP contribution >= 0.6 is 0 Å². The van der Waals surface area contributed by atoms with Gasteiger partial charge < -0.3 is 9.67 Å². The van der Waals surface area contributed by atoms with Crippen LogP contribution in [-0.2, 0) is 0 Å². The minimum Gasteiger partial charge on any atom is -0.494 e. The molecular formula is C18H18N2O. The molecule has 2 heterocycles. The Hall–Kier alpha value is -2.29.